The first-order valence-electron chi connectivity index (χ1n) is 5.98. The summed E-state index contributed by atoms with van der Waals surface area (Å²) in [6.07, 6.45) is 0. The lowest BCUT2D eigenvalue weighted by atomic mass is 10.3. The summed E-state index contributed by atoms with van der Waals surface area (Å²) in [6.45, 7) is 0.344. The molecular formula is C12H12N6O2. The third-order valence-electron chi connectivity index (χ3n) is 2.97. The van der Waals surface area contributed by atoms with Crippen molar-refractivity contribution in [1.29, 1.82) is 0 Å². The van der Waals surface area contributed by atoms with Crippen molar-refractivity contribution in [2.45, 2.75) is 13.1 Å². The molecule has 8 nitrogen and oxygen atoms in total. The zero-order valence-corrected chi connectivity index (χ0v) is 10.4. The number of para-hydroxylation sites is 2. The summed E-state index contributed by atoms with van der Waals surface area (Å²) in [5, 5.41) is 16.4. The van der Waals surface area contributed by atoms with E-state index in [1.165, 1.54) is 4.68 Å². The molecule has 0 saturated heterocycles. The molecule has 0 radical (unpaired) electrons. The molecule has 0 saturated carbocycles. The normalized spacial score (nSPS) is 11.1. The zero-order valence-electron chi connectivity index (χ0n) is 10.4. The van der Waals surface area contributed by atoms with Crippen LogP contribution in [0.15, 0.2) is 24.3 Å². The summed E-state index contributed by atoms with van der Waals surface area (Å²) in [5.41, 5.74) is 7.57. The third kappa shape index (κ3) is 2.01. The number of imidazole rings is 1. The van der Waals surface area contributed by atoms with E-state index < -0.39 is 5.97 Å². The molecule has 0 aliphatic heterocycles. The van der Waals surface area contributed by atoms with Crippen molar-refractivity contribution < 1.29 is 9.90 Å². The second-order valence-corrected chi connectivity index (χ2v) is 4.25. The molecule has 0 amide bonds. The number of nitrogens with zero attached hydrogens (tertiary/aromatic N) is 4. The molecule has 0 spiro atoms. The lowest BCUT2D eigenvalue weighted by Gasteiger charge is -2.02. The molecule has 4 N–H and O–H groups in total. The SMILES string of the molecule is NCc1c(C(=O)O)nnn1Cc1nc2ccccc2[nH]1. The van der Waals surface area contributed by atoms with E-state index in [0.717, 1.165) is 11.0 Å². The van der Waals surface area contributed by atoms with Crippen LogP contribution in [0.3, 0.4) is 0 Å². The first-order valence-corrected chi connectivity index (χ1v) is 5.98. The molecule has 0 bridgehead atoms. The second kappa shape index (κ2) is 4.74. The van der Waals surface area contributed by atoms with Crippen LogP contribution in [0.4, 0.5) is 0 Å². The van der Waals surface area contributed by atoms with Crippen LogP contribution in [0.1, 0.15) is 22.0 Å². The van der Waals surface area contributed by atoms with Crippen molar-refractivity contribution in [3.8, 4) is 0 Å². The van der Waals surface area contributed by atoms with Crippen molar-refractivity contribution in [2.75, 3.05) is 0 Å². The Hall–Kier alpha value is -2.74. The summed E-state index contributed by atoms with van der Waals surface area (Å²) < 4.78 is 1.45. The minimum atomic E-state index is -1.14. The summed E-state index contributed by atoms with van der Waals surface area (Å²) in [6, 6.07) is 7.62. The van der Waals surface area contributed by atoms with Gasteiger partial charge < -0.3 is 15.8 Å². The number of aromatic carboxylic acids is 1. The minimum absolute atomic E-state index is 0.0505. The highest BCUT2D eigenvalue weighted by Gasteiger charge is 2.18. The number of hydrogen-bond donors (Lipinski definition) is 3. The number of rotatable bonds is 4. The second-order valence-electron chi connectivity index (χ2n) is 4.25. The van der Waals surface area contributed by atoms with Crippen LogP contribution in [0, 0.1) is 0 Å². The Balaban J connectivity index is 1.96. The van der Waals surface area contributed by atoms with E-state index in [-0.39, 0.29) is 12.2 Å². The van der Waals surface area contributed by atoms with Crippen molar-refractivity contribution in [2.24, 2.45) is 5.73 Å². The Morgan fingerprint density at radius 3 is 2.90 bits per heavy atom. The molecule has 0 fully saturated rings. The van der Waals surface area contributed by atoms with Gasteiger partial charge in [0.15, 0.2) is 5.69 Å². The van der Waals surface area contributed by atoms with Crippen LogP contribution >= 0.6 is 0 Å². The lowest BCUT2D eigenvalue weighted by molar-refractivity contribution is 0.0689. The molecule has 0 aliphatic rings. The van der Waals surface area contributed by atoms with E-state index in [2.05, 4.69) is 20.3 Å². The van der Waals surface area contributed by atoms with Crippen LogP contribution in [0.5, 0.6) is 0 Å². The predicted octanol–water partition coefficient (Wildman–Crippen LogP) is 0.360. The number of hydrogen-bond acceptors (Lipinski definition) is 5. The molecule has 20 heavy (non-hydrogen) atoms. The number of H-pyrrole nitrogens is 1. The maximum absolute atomic E-state index is 11.0. The van der Waals surface area contributed by atoms with Crippen molar-refractivity contribution in [3.63, 3.8) is 0 Å². The number of carboxylic acids is 1. The van der Waals surface area contributed by atoms with E-state index in [0.29, 0.717) is 18.1 Å². The molecule has 102 valence electrons. The highest BCUT2D eigenvalue weighted by molar-refractivity contribution is 5.86. The quantitative estimate of drug-likeness (QED) is 0.630. The van der Waals surface area contributed by atoms with Crippen molar-refractivity contribution in [1.82, 2.24) is 25.0 Å². The highest BCUT2D eigenvalue weighted by atomic mass is 16.4. The van der Waals surface area contributed by atoms with Gasteiger partial charge in [-0.3, -0.25) is 0 Å². The fourth-order valence-corrected chi connectivity index (χ4v) is 2.05. The number of nitrogens with one attached hydrogen (secondary N) is 1. The van der Waals surface area contributed by atoms with E-state index in [1.54, 1.807) is 0 Å². The molecule has 8 heteroatoms. The number of benzene rings is 1. The van der Waals surface area contributed by atoms with Gasteiger partial charge in [-0.25, -0.2) is 14.5 Å². The third-order valence-corrected chi connectivity index (χ3v) is 2.97. The highest BCUT2D eigenvalue weighted by Crippen LogP contribution is 2.12. The van der Waals surface area contributed by atoms with Crippen LogP contribution < -0.4 is 5.73 Å². The van der Waals surface area contributed by atoms with E-state index in [4.69, 9.17) is 10.8 Å². The standard InChI is InChI=1S/C12H12N6O2/c13-5-9-11(12(19)20)16-17-18(9)6-10-14-7-3-1-2-4-8(7)15-10/h1-4H,5-6,13H2,(H,14,15)(H,19,20). The fourth-order valence-electron chi connectivity index (χ4n) is 2.05. The fraction of sp³-hybridized carbons (Fsp3) is 0.167. The van der Waals surface area contributed by atoms with Crippen LogP contribution in [0.25, 0.3) is 11.0 Å². The summed E-state index contributed by atoms with van der Waals surface area (Å²) in [7, 11) is 0. The first kappa shape index (κ1) is 12.3. The molecule has 2 heterocycles. The van der Waals surface area contributed by atoms with Gasteiger partial charge in [0, 0.05) is 6.54 Å². The Morgan fingerprint density at radius 2 is 2.20 bits per heavy atom. The first-order chi connectivity index (χ1) is 9.69. The largest absolute Gasteiger partial charge is 0.476 e. The molecule has 1 aromatic carbocycles. The Kier molecular flexibility index (Phi) is 2.92. The van der Waals surface area contributed by atoms with Gasteiger partial charge in [-0.15, -0.1) is 5.10 Å². The van der Waals surface area contributed by atoms with Gasteiger partial charge >= 0.3 is 5.97 Å². The van der Waals surface area contributed by atoms with Gasteiger partial charge in [-0.05, 0) is 12.1 Å². The summed E-state index contributed by atoms with van der Waals surface area (Å²) in [5.74, 6) is -0.468. The average Bonchev–Trinajstić information content (AvgIpc) is 3.01. The molecule has 0 unspecified atom stereocenters. The van der Waals surface area contributed by atoms with Crippen molar-refractivity contribution in [3.05, 3.63) is 41.5 Å². The van der Waals surface area contributed by atoms with E-state index >= 15 is 0 Å². The monoisotopic (exact) mass is 272 g/mol. The number of aromatic amines is 1. The Labute approximate surface area is 113 Å². The number of carbonyl (C=O) groups is 1. The number of fused-ring (bicyclic) bond motifs is 1. The molecule has 3 aromatic rings. The smallest absolute Gasteiger partial charge is 0.358 e. The number of aromatic nitrogens is 5. The van der Waals surface area contributed by atoms with Crippen LogP contribution in [-0.4, -0.2) is 36.0 Å². The molecular weight excluding hydrogens is 260 g/mol. The summed E-state index contributed by atoms with van der Waals surface area (Å²) in [4.78, 5) is 18.5. The molecule has 2 aromatic heterocycles. The maximum atomic E-state index is 11.0. The van der Waals surface area contributed by atoms with Gasteiger partial charge in [-0.1, -0.05) is 17.3 Å². The average molecular weight is 272 g/mol. The number of carboxylic acid groups (broad SMARTS) is 1. The zero-order chi connectivity index (χ0) is 14.1. The lowest BCUT2D eigenvalue weighted by Crippen LogP contribution is -2.13. The van der Waals surface area contributed by atoms with Crippen LogP contribution in [0.2, 0.25) is 0 Å². The topological polar surface area (TPSA) is 123 Å². The minimum Gasteiger partial charge on any atom is -0.476 e. The van der Waals surface area contributed by atoms with Crippen molar-refractivity contribution >= 4 is 17.0 Å². The van der Waals surface area contributed by atoms with Gasteiger partial charge in [0.05, 0.1) is 16.7 Å². The molecule has 0 aliphatic carbocycles. The number of nitrogens with two attached hydrogens (primary N) is 1. The van der Waals surface area contributed by atoms with Crippen LogP contribution in [-0.2, 0) is 13.1 Å². The van der Waals surface area contributed by atoms with E-state index in [9.17, 15) is 4.79 Å². The van der Waals surface area contributed by atoms with E-state index in [1.807, 2.05) is 24.3 Å². The van der Waals surface area contributed by atoms with Gasteiger partial charge in [0.25, 0.3) is 0 Å². The van der Waals surface area contributed by atoms with Gasteiger partial charge in [0.1, 0.15) is 12.4 Å². The molecule has 3 rings (SSSR count). The Morgan fingerprint density at radius 1 is 1.40 bits per heavy atom. The maximum Gasteiger partial charge on any atom is 0.358 e. The van der Waals surface area contributed by atoms with Gasteiger partial charge in [0.2, 0.25) is 0 Å². The predicted molar refractivity (Wildman–Crippen MR) is 70.1 cm³/mol. The summed E-state index contributed by atoms with van der Waals surface area (Å²) >= 11 is 0. The van der Waals surface area contributed by atoms with Gasteiger partial charge in [-0.2, -0.15) is 0 Å². The Bertz CT molecular complexity index is 742. The molecule has 0 atom stereocenters.